The van der Waals surface area contributed by atoms with Gasteiger partial charge in [0, 0.05) is 18.7 Å². The van der Waals surface area contributed by atoms with Crippen LogP contribution in [0.3, 0.4) is 0 Å². The molecule has 2 aromatic carbocycles. The number of para-hydroxylation sites is 1. The molecule has 4 aromatic rings. The SMILES string of the molecule is CCOc1cccc2sc(N(Cc3ccco3)C(=O)c3ccc(S(=O)(=O)N(CC(C)C)CC(C)C)cc3)nc12. The molecular weight excluding hydrogens is 534 g/mol. The van der Waals surface area contributed by atoms with Crippen LogP contribution in [0.15, 0.2) is 70.2 Å². The summed E-state index contributed by atoms with van der Waals surface area (Å²) in [5.41, 5.74) is 1.04. The van der Waals surface area contributed by atoms with Crippen LogP contribution in [-0.4, -0.2) is 43.3 Å². The van der Waals surface area contributed by atoms with Crippen LogP contribution >= 0.6 is 11.3 Å². The molecule has 0 spiro atoms. The molecule has 0 bridgehead atoms. The summed E-state index contributed by atoms with van der Waals surface area (Å²) in [6.07, 6.45) is 1.56. The third kappa shape index (κ3) is 6.69. The first-order valence-corrected chi connectivity index (χ1v) is 15.3. The highest BCUT2D eigenvalue weighted by Gasteiger charge is 2.28. The molecule has 0 unspecified atom stereocenters. The lowest BCUT2D eigenvalue weighted by Crippen LogP contribution is -2.37. The first kappa shape index (κ1) is 28.8. The molecule has 0 aliphatic carbocycles. The summed E-state index contributed by atoms with van der Waals surface area (Å²) in [5, 5.41) is 0.496. The maximum atomic E-state index is 13.8. The number of benzene rings is 2. The predicted molar refractivity (Wildman–Crippen MR) is 155 cm³/mol. The summed E-state index contributed by atoms with van der Waals surface area (Å²) < 4.78 is 40.6. The van der Waals surface area contributed by atoms with E-state index < -0.39 is 10.0 Å². The zero-order valence-corrected chi connectivity index (χ0v) is 24.6. The minimum Gasteiger partial charge on any atom is -0.492 e. The van der Waals surface area contributed by atoms with Gasteiger partial charge in [0.1, 0.15) is 17.0 Å². The maximum Gasteiger partial charge on any atom is 0.260 e. The second-order valence-corrected chi connectivity index (χ2v) is 13.1. The lowest BCUT2D eigenvalue weighted by Gasteiger charge is -2.25. The molecule has 0 N–H and O–H groups in total. The standard InChI is InChI=1S/C29H35N3O5S2/c1-6-36-25-10-7-11-26-27(25)30-29(38-26)32(19-23-9-8-16-37-23)28(33)22-12-14-24(15-13-22)39(34,35)31(17-20(2)3)18-21(4)5/h7-16,20-21H,6,17-19H2,1-5H3. The Morgan fingerprint density at radius 3 is 2.28 bits per heavy atom. The second-order valence-electron chi connectivity index (χ2n) is 10.1. The highest BCUT2D eigenvalue weighted by atomic mass is 32.2. The van der Waals surface area contributed by atoms with E-state index in [-0.39, 0.29) is 29.2 Å². The van der Waals surface area contributed by atoms with E-state index in [1.165, 1.54) is 27.8 Å². The van der Waals surface area contributed by atoms with Crippen molar-refractivity contribution in [2.45, 2.75) is 46.1 Å². The van der Waals surface area contributed by atoms with Gasteiger partial charge in [0.15, 0.2) is 5.13 Å². The maximum absolute atomic E-state index is 13.8. The number of thiazole rings is 1. The Morgan fingerprint density at radius 2 is 1.69 bits per heavy atom. The normalized spacial score (nSPS) is 12.1. The molecule has 0 aliphatic heterocycles. The summed E-state index contributed by atoms with van der Waals surface area (Å²) in [6.45, 7) is 11.4. The van der Waals surface area contributed by atoms with Crippen molar-refractivity contribution in [1.82, 2.24) is 9.29 Å². The Balaban J connectivity index is 1.67. The van der Waals surface area contributed by atoms with Gasteiger partial charge in [-0.2, -0.15) is 4.31 Å². The first-order chi connectivity index (χ1) is 18.6. The molecule has 0 atom stereocenters. The minimum atomic E-state index is -3.71. The zero-order chi connectivity index (χ0) is 28.2. The van der Waals surface area contributed by atoms with Crippen LogP contribution in [-0.2, 0) is 16.6 Å². The molecular formula is C29H35N3O5S2. The summed E-state index contributed by atoms with van der Waals surface area (Å²) in [7, 11) is -3.71. The van der Waals surface area contributed by atoms with E-state index >= 15 is 0 Å². The van der Waals surface area contributed by atoms with Gasteiger partial charge in [-0.3, -0.25) is 9.69 Å². The Morgan fingerprint density at radius 1 is 1.00 bits per heavy atom. The zero-order valence-electron chi connectivity index (χ0n) is 23.0. The number of anilines is 1. The number of carbonyl (C=O) groups is 1. The van der Waals surface area contributed by atoms with Crippen molar-refractivity contribution < 1.29 is 22.4 Å². The Kier molecular flexibility index (Phi) is 9.09. The fourth-order valence-corrected chi connectivity index (χ4v) is 6.99. The third-order valence-electron chi connectivity index (χ3n) is 5.92. The number of ether oxygens (including phenoxy) is 1. The molecule has 39 heavy (non-hydrogen) atoms. The lowest BCUT2D eigenvalue weighted by atomic mass is 10.2. The van der Waals surface area contributed by atoms with Crippen molar-refractivity contribution in [3.05, 3.63) is 72.2 Å². The molecule has 10 heteroatoms. The molecule has 208 valence electrons. The topological polar surface area (TPSA) is 92.9 Å². The number of aromatic nitrogens is 1. The van der Waals surface area contributed by atoms with Gasteiger partial charge in [0.05, 0.1) is 29.0 Å². The largest absolute Gasteiger partial charge is 0.492 e. The van der Waals surface area contributed by atoms with Crippen molar-refractivity contribution in [2.75, 3.05) is 24.6 Å². The van der Waals surface area contributed by atoms with Gasteiger partial charge < -0.3 is 9.15 Å². The van der Waals surface area contributed by atoms with Crippen molar-refractivity contribution in [1.29, 1.82) is 0 Å². The number of amides is 1. The van der Waals surface area contributed by atoms with E-state index in [9.17, 15) is 13.2 Å². The monoisotopic (exact) mass is 569 g/mol. The van der Waals surface area contributed by atoms with Crippen LogP contribution in [0.25, 0.3) is 10.2 Å². The van der Waals surface area contributed by atoms with Gasteiger partial charge in [-0.25, -0.2) is 13.4 Å². The van der Waals surface area contributed by atoms with Crippen molar-refractivity contribution in [2.24, 2.45) is 11.8 Å². The Bertz CT molecular complexity index is 1480. The van der Waals surface area contributed by atoms with E-state index in [1.807, 2.05) is 52.8 Å². The van der Waals surface area contributed by atoms with E-state index in [0.29, 0.717) is 47.4 Å². The van der Waals surface area contributed by atoms with Gasteiger partial charge >= 0.3 is 0 Å². The quantitative estimate of drug-likeness (QED) is 0.195. The smallest absolute Gasteiger partial charge is 0.260 e. The molecule has 0 radical (unpaired) electrons. The van der Waals surface area contributed by atoms with E-state index in [0.717, 1.165) is 4.70 Å². The minimum absolute atomic E-state index is 0.166. The van der Waals surface area contributed by atoms with Crippen molar-refractivity contribution in [3.8, 4) is 5.75 Å². The summed E-state index contributed by atoms with van der Waals surface area (Å²) in [4.78, 5) is 20.3. The molecule has 4 rings (SSSR count). The van der Waals surface area contributed by atoms with Gasteiger partial charge in [-0.15, -0.1) is 0 Å². The number of fused-ring (bicyclic) bond motifs is 1. The van der Waals surface area contributed by atoms with E-state index in [4.69, 9.17) is 14.1 Å². The molecule has 2 heterocycles. The molecule has 1 amide bonds. The average molecular weight is 570 g/mol. The van der Waals surface area contributed by atoms with E-state index in [1.54, 1.807) is 35.4 Å². The first-order valence-electron chi connectivity index (χ1n) is 13.1. The van der Waals surface area contributed by atoms with Gasteiger partial charge in [0.2, 0.25) is 10.0 Å². The van der Waals surface area contributed by atoms with Gasteiger partial charge in [-0.1, -0.05) is 45.1 Å². The number of furan rings is 1. The Labute approximate surface area is 234 Å². The van der Waals surface area contributed by atoms with Crippen molar-refractivity contribution >= 4 is 42.6 Å². The van der Waals surface area contributed by atoms with Crippen LogP contribution in [0, 0.1) is 11.8 Å². The van der Waals surface area contributed by atoms with Crippen molar-refractivity contribution in [3.63, 3.8) is 0 Å². The molecule has 0 aliphatic rings. The molecule has 0 saturated heterocycles. The van der Waals surface area contributed by atoms with Crippen LogP contribution in [0.1, 0.15) is 50.7 Å². The number of carbonyl (C=O) groups excluding carboxylic acids is 1. The van der Waals surface area contributed by atoms with Crippen LogP contribution in [0.2, 0.25) is 0 Å². The summed E-state index contributed by atoms with van der Waals surface area (Å²) >= 11 is 1.38. The third-order valence-corrected chi connectivity index (χ3v) is 8.81. The molecule has 8 nitrogen and oxygen atoms in total. The van der Waals surface area contributed by atoms with Gasteiger partial charge in [-0.05, 0) is 67.3 Å². The predicted octanol–water partition coefficient (Wildman–Crippen LogP) is 6.44. The fourth-order valence-electron chi connectivity index (χ4n) is 4.24. The molecule has 2 aromatic heterocycles. The number of rotatable bonds is 12. The summed E-state index contributed by atoms with van der Waals surface area (Å²) in [5.74, 6) is 1.32. The summed E-state index contributed by atoms with van der Waals surface area (Å²) in [6, 6.07) is 15.4. The van der Waals surface area contributed by atoms with Crippen LogP contribution in [0.4, 0.5) is 5.13 Å². The second kappa shape index (κ2) is 12.3. The fraction of sp³-hybridized carbons (Fsp3) is 0.379. The molecule has 0 saturated carbocycles. The Hall–Kier alpha value is -3.21. The number of sulfonamides is 1. The van der Waals surface area contributed by atoms with Crippen LogP contribution < -0.4 is 9.64 Å². The number of hydrogen-bond acceptors (Lipinski definition) is 7. The molecule has 0 fully saturated rings. The van der Waals surface area contributed by atoms with Crippen LogP contribution in [0.5, 0.6) is 5.75 Å². The highest BCUT2D eigenvalue weighted by Crippen LogP contribution is 2.35. The van der Waals surface area contributed by atoms with Gasteiger partial charge in [0.25, 0.3) is 5.91 Å². The number of nitrogens with zero attached hydrogens (tertiary/aromatic N) is 3. The van der Waals surface area contributed by atoms with E-state index in [2.05, 4.69) is 0 Å². The lowest BCUT2D eigenvalue weighted by molar-refractivity contribution is 0.0983. The highest BCUT2D eigenvalue weighted by molar-refractivity contribution is 7.89. The average Bonchev–Trinajstić information content (AvgIpc) is 3.56. The number of hydrogen-bond donors (Lipinski definition) is 0.